The highest BCUT2D eigenvalue weighted by Gasteiger charge is 2.14. The molecule has 6 heteroatoms. The van der Waals surface area contributed by atoms with E-state index >= 15 is 0 Å². The van der Waals surface area contributed by atoms with Gasteiger partial charge in [-0.2, -0.15) is 0 Å². The normalized spacial score (nSPS) is 12.0. The first-order chi connectivity index (χ1) is 25.5. The molecule has 1 atom stereocenters. The summed E-state index contributed by atoms with van der Waals surface area (Å²) in [5.74, 6) is -1.22. The third-order valence-corrected chi connectivity index (χ3v) is 10.4. The maximum Gasteiger partial charge on any atom is 0.322 e. The molecule has 0 fully saturated rings. The summed E-state index contributed by atoms with van der Waals surface area (Å²) >= 11 is 0. The molecule has 0 rings (SSSR count). The molecule has 0 aliphatic carbocycles. The predicted molar refractivity (Wildman–Crippen MR) is 222 cm³/mol. The van der Waals surface area contributed by atoms with E-state index in [4.69, 9.17) is 9.84 Å². The first kappa shape index (κ1) is 50.1. The van der Waals surface area contributed by atoms with Crippen molar-refractivity contribution in [3.63, 3.8) is 0 Å². The molecule has 0 bridgehead atoms. The summed E-state index contributed by atoms with van der Waals surface area (Å²) in [5, 5.41) is 11.1. The van der Waals surface area contributed by atoms with Crippen LogP contribution in [0.1, 0.15) is 251 Å². The molecule has 52 heavy (non-hydrogen) atoms. The molecule has 0 aliphatic heterocycles. The van der Waals surface area contributed by atoms with Crippen LogP contribution in [0, 0.1) is 0 Å². The number of esters is 1. The molecule has 1 unspecified atom stereocenters. The van der Waals surface area contributed by atoms with E-state index in [1.807, 2.05) is 0 Å². The minimum absolute atomic E-state index is 0.0145. The quantitative estimate of drug-likeness (QED) is 0.0370. The number of hydrogen-bond acceptors (Lipinski definition) is 4. The van der Waals surface area contributed by atoms with Crippen LogP contribution in [0.4, 0.5) is 0 Å². The number of nitrogens with one attached hydrogen (secondary N) is 1. The number of unbranched alkanes of at least 4 members (excludes halogenated alkanes) is 29. The maximum absolute atomic E-state index is 12.7. The lowest BCUT2D eigenvalue weighted by Gasteiger charge is -2.18. The lowest BCUT2D eigenvalue weighted by Crippen LogP contribution is -2.28. The Morgan fingerprint density at radius 1 is 0.481 bits per heavy atom. The summed E-state index contributed by atoms with van der Waals surface area (Å²) in [7, 11) is 0. The molecule has 0 aromatic carbocycles. The van der Waals surface area contributed by atoms with Crippen molar-refractivity contribution in [2.45, 2.75) is 258 Å². The van der Waals surface area contributed by atoms with Gasteiger partial charge in [0.1, 0.15) is 12.6 Å². The Balaban J connectivity index is 3.86. The van der Waals surface area contributed by atoms with Crippen molar-refractivity contribution in [1.82, 2.24) is 5.32 Å². The summed E-state index contributed by atoms with van der Waals surface area (Å²) in [5.41, 5.74) is 0. The van der Waals surface area contributed by atoms with E-state index < -0.39 is 5.97 Å². The molecular formula is C46H87NO5. The molecule has 0 saturated heterocycles. The van der Waals surface area contributed by atoms with E-state index in [1.54, 1.807) is 0 Å². The van der Waals surface area contributed by atoms with Gasteiger partial charge in [-0.15, -0.1) is 0 Å². The molecule has 0 heterocycles. The Bertz CT molecular complexity index is 813. The van der Waals surface area contributed by atoms with E-state index in [0.29, 0.717) is 12.8 Å². The van der Waals surface area contributed by atoms with E-state index in [0.717, 1.165) is 64.2 Å². The van der Waals surface area contributed by atoms with Gasteiger partial charge in [0.15, 0.2) is 0 Å². The van der Waals surface area contributed by atoms with Gasteiger partial charge in [-0.25, -0.2) is 0 Å². The topological polar surface area (TPSA) is 92.7 Å². The monoisotopic (exact) mass is 734 g/mol. The minimum atomic E-state index is -1.01. The Morgan fingerprint density at radius 3 is 1.23 bits per heavy atom. The lowest BCUT2D eigenvalue weighted by atomic mass is 10.0. The highest BCUT2D eigenvalue weighted by atomic mass is 16.5. The van der Waals surface area contributed by atoms with Crippen LogP contribution in [0.25, 0.3) is 0 Å². The Morgan fingerprint density at radius 2 is 0.827 bits per heavy atom. The van der Waals surface area contributed by atoms with Gasteiger partial charge >= 0.3 is 11.9 Å². The van der Waals surface area contributed by atoms with Gasteiger partial charge in [0.25, 0.3) is 0 Å². The number of allylic oxidation sites excluding steroid dienone is 2. The number of carboxylic acid groups (broad SMARTS) is 1. The molecule has 0 aromatic heterocycles. The standard InChI is InChI=1S/C46H87NO5/c1-3-5-7-9-11-12-13-14-15-16-17-18-19-20-21-22-23-24-25-26-28-33-37-41-46(51)52-43(38-34-30-27-10-8-6-4-2)39-35-31-29-32-36-40-44(48)47-42-45(49)50/h16-17,43H,3-15,18-42H2,1-2H3,(H,47,48)(H,49,50)/b17-16-. The zero-order valence-corrected chi connectivity index (χ0v) is 34.7. The zero-order valence-electron chi connectivity index (χ0n) is 34.7. The van der Waals surface area contributed by atoms with Crippen LogP contribution in [-0.4, -0.2) is 35.6 Å². The SMILES string of the molecule is CCCCCCCCCC/C=C\CCCCCCCCCCCCCC(=O)OC(CCCCCCCCC)CCCCCCCC(=O)NCC(=O)O. The Labute approximate surface area is 322 Å². The van der Waals surface area contributed by atoms with Crippen LogP contribution in [0.5, 0.6) is 0 Å². The van der Waals surface area contributed by atoms with Gasteiger partial charge in [-0.1, -0.05) is 187 Å². The highest BCUT2D eigenvalue weighted by Crippen LogP contribution is 2.19. The molecule has 2 N–H and O–H groups in total. The number of hydrogen-bond donors (Lipinski definition) is 2. The predicted octanol–water partition coefficient (Wildman–Crippen LogP) is 14.1. The third kappa shape index (κ3) is 40.9. The number of amides is 1. The zero-order chi connectivity index (χ0) is 38.0. The minimum Gasteiger partial charge on any atom is -0.480 e. The second-order valence-corrected chi connectivity index (χ2v) is 15.7. The fourth-order valence-corrected chi connectivity index (χ4v) is 7.04. The van der Waals surface area contributed by atoms with Crippen molar-refractivity contribution in [2.75, 3.05) is 6.54 Å². The molecule has 1 amide bonds. The highest BCUT2D eigenvalue weighted by molar-refractivity contribution is 5.80. The van der Waals surface area contributed by atoms with Crippen LogP contribution < -0.4 is 5.32 Å². The average Bonchev–Trinajstić information content (AvgIpc) is 3.13. The number of ether oxygens (including phenoxy) is 1. The van der Waals surface area contributed by atoms with Gasteiger partial charge in [-0.3, -0.25) is 14.4 Å². The van der Waals surface area contributed by atoms with E-state index in [-0.39, 0.29) is 24.5 Å². The van der Waals surface area contributed by atoms with Gasteiger partial charge in [0.05, 0.1) is 0 Å². The summed E-state index contributed by atoms with van der Waals surface area (Å²) in [6.07, 6.45) is 49.3. The number of aliphatic carboxylic acids is 1. The molecule has 306 valence electrons. The van der Waals surface area contributed by atoms with Crippen LogP contribution in [0.15, 0.2) is 12.2 Å². The number of carbonyl (C=O) groups excluding carboxylic acids is 2. The van der Waals surface area contributed by atoms with Crippen molar-refractivity contribution >= 4 is 17.8 Å². The molecule has 0 radical (unpaired) electrons. The third-order valence-electron chi connectivity index (χ3n) is 10.4. The summed E-state index contributed by atoms with van der Waals surface area (Å²) in [4.78, 5) is 34.9. The van der Waals surface area contributed by atoms with Gasteiger partial charge in [0.2, 0.25) is 5.91 Å². The second-order valence-electron chi connectivity index (χ2n) is 15.7. The largest absolute Gasteiger partial charge is 0.480 e. The number of rotatable bonds is 42. The van der Waals surface area contributed by atoms with E-state index in [1.165, 1.54) is 161 Å². The molecule has 6 nitrogen and oxygen atoms in total. The first-order valence-corrected chi connectivity index (χ1v) is 22.8. The lowest BCUT2D eigenvalue weighted by molar-refractivity contribution is -0.150. The summed E-state index contributed by atoms with van der Waals surface area (Å²) in [6.45, 7) is 4.23. The fraction of sp³-hybridized carbons (Fsp3) is 0.891. The van der Waals surface area contributed by atoms with Crippen molar-refractivity contribution in [3.8, 4) is 0 Å². The van der Waals surface area contributed by atoms with Crippen molar-refractivity contribution < 1.29 is 24.2 Å². The average molecular weight is 734 g/mol. The van der Waals surface area contributed by atoms with E-state index in [9.17, 15) is 14.4 Å². The number of carbonyl (C=O) groups is 3. The van der Waals surface area contributed by atoms with Gasteiger partial charge in [0, 0.05) is 12.8 Å². The smallest absolute Gasteiger partial charge is 0.322 e. The molecule has 0 saturated carbocycles. The summed E-state index contributed by atoms with van der Waals surface area (Å²) in [6, 6.07) is 0. The Kier molecular flexibility index (Phi) is 40.4. The molecule has 0 aromatic rings. The van der Waals surface area contributed by atoms with Crippen LogP contribution in [0.2, 0.25) is 0 Å². The maximum atomic E-state index is 12.7. The Hall–Kier alpha value is -1.85. The first-order valence-electron chi connectivity index (χ1n) is 22.8. The second kappa shape index (κ2) is 41.9. The van der Waals surface area contributed by atoms with Gasteiger partial charge in [-0.05, 0) is 64.2 Å². The molecular weight excluding hydrogens is 647 g/mol. The van der Waals surface area contributed by atoms with Crippen LogP contribution in [-0.2, 0) is 19.1 Å². The van der Waals surface area contributed by atoms with Crippen LogP contribution in [0.3, 0.4) is 0 Å². The van der Waals surface area contributed by atoms with E-state index in [2.05, 4.69) is 31.3 Å². The van der Waals surface area contributed by atoms with Crippen molar-refractivity contribution in [1.29, 1.82) is 0 Å². The molecule has 0 spiro atoms. The van der Waals surface area contributed by atoms with Gasteiger partial charge < -0.3 is 15.2 Å². The number of carboxylic acids is 1. The molecule has 0 aliphatic rings. The van der Waals surface area contributed by atoms with Crippen molar-refractivity contribution in [3.05, 3.63) is 12.2 Å². The van der Waals surface area contributed by atoms with Crippen molar-refractivity contribution in [2.24, 2.45) is 0 Å². The fourth-order valence-electron chi connectivity index (χ4n) is 7.04. The summed E-state index contributed by atoms with van der Waals surface area (Å²) < 4.78 is 6.01. The van der Waals surface area contributed by atoms with Crippen LogP contribution >= 0.6 is 0 Å².